The number of carbonyl (C=O) groups is 1. The van der Waals surface area contributed by atoms with E-state index in [0.717, 1.165) is 12.8 Å². The molecule has 0 aliphatic carbocycles. The van der Waals surface area contributed by atoms with E-state index in [1.54, 1.807) is 26.4 Å². The number of halogens is 2. The van der Waals surface area contributed by atoms with E-state index in [2.05, 4.69) is 10.6 Å². The second-order valence-corrected chi connectivity index (χ2v) is 6.82. The summed E-state index contributed by atoms with van der Waals surface area (Å²) in [5.41, 5.74) is 0.593. The summed E-state index contributed by atoms with van der Waals surface area (Å²) < 4.78 is 10.5. The number of anilines is 1. The standard InChI is InChI=1S/C17H23ClN2O3.ClH/c1-22-15-9-14(16(23-2)8-13(15)18)20-17(21)7-10-5-11-3-4-12(6-10)19-11;/h8-12,19H,3-7H2,1-2H3,(H,20,21);1H. The van der Waals surface area contributed by atoms with E-state index in [1.165, 1.54) is 12.8 Å². The molecule has 2 aliphatic rings. The molecule has 2 heterocycles. The summed E-state index contributed by atoms with van der Waals surface area (Å²) in [6.07, 6.45) is 5.20. The second kappa shape index (κ2) is 8.28. The van der Waals surface area contributed by atoms with Gasteiger partial charge in [-0.15, -0.1) is 12.4 Å². The van der Waals surface area contributed by atoms with E-state index in [0.29, 0.717) is 46.6 Å². The van der Waals surface area contributed by atoms with Crippen LogP contribution < -0.4 is 20.1 Å². The number of benzene rings is 1. The average molecular weight is 375 g/mol. The van der Waals surface area contributed by atoms with Gasteiger partial charge in [-0.25, -0.2) is 0 Å². The van der Waals surface area contributed by atoms with Crippen molar-refractivity contribution < 1.29 is 14.3 Å². The van der Waals surface area contributed by atoms with Gasteiger partial charge in [-0.1, -0.05) is 11.6 Å². The van der Waals surface area contributed by atoms with Gasteiger partial charge < -0.3 is 20.1 Å². The molecule has 134 valence electrons. The summed E-state index contributed by atoms with van der Waals surface area (Å²) in [5, 5.41) is 6.99. The van der Waals surface area contributed by atoms with E-state index < -0.39 is 0 Å². The molecule has 0 radical (unpaired) electrons. The quantitative estimate of drug-likeness (QED) is 0.825. The summed E-state index contributed by atoms with van der Waals surface area (Å²) in [7, 11) is 3.10. The van der Waals surface area contributed by atoms with Gasteiger partial charge in [-0.05, 0) is 31.6 Å². The monoisotopic (exact) mass is 374 g/mol. The van der Waals surface area contributed by atoms with Gasteiger partial charge in [0.25, 0.3) is 0 Å². The van der Waals surface area contributed by atoms with Gasteiger partial charge in [-0.2, -0.15) is 0 Å². The van der Waals surface area contributed by atoms with Crippen molar-refractivity contribution in [1.29, 1.82) is 0 Å². The van der Waals surface area contributed by atoms with Gasteiger partial charge in [0, 0.05) is 30.6 Å². The first-order valence-electron chi connectivity index (χ1n) is 8.06. The van der Waals surface area contributed by atoms with Crippen molar-refractivity contribution in [3.05, 3.63) is 17.2 Å². The van der Waals surface area contributed by atoms with Crippen LogP contribution >= 0.6 is 24.0 Å². The van der Waals surface area contributed by atoms with Gasteiger partial charge in [0.1, 0.15) is 11.5 Å². The minimum Gasteiger partial charge on any atom is -0.495 e. The molecule has 1 amide bonds. The molecule has 0 saturated carbocycles. The SMILES string of the molecule is COc1cc(NC(=O)CC2CC3CCC(C2)N3)c(OC)cc1Cl.Cl. The molecule has 24 heavy (non-hydrogen) atoms. The van der Waals surface area contributed by atoms with Crippen LogP contribution in [0, 0.1) is 5.92 Å². The molecule has 5 nitrogen and oxygen atoms in total. The molecule has 2 unspecified atom stereocenters. The van der Waals surface area contributed by atoms with E-state index in [4.69, 9.17) is 21.1 Å². The number of rotatable bonds is 5. The molecular weight excluding hydrogens is 351 g/mol. The summed E-state index contributed by atoms with van der Waals surface area (Å²) in [6.45, 7) is 0. The van der Waals surface area contributed by atoms with Gasteiger partial charge >= 0.3 is 0 Å². The molecule has 2 atom stereocenters. The maximum atomic E-state index is 12.4. The lowest BCUT2D eigenvalue weighted by Gasteiger charge is -2.28. The summed E-state index contributed by atoms with van der Waals surface area (Å²) in [5.74, 6) is 1.52. The maximum Gasteiger partial charge on any atom is 0.224 e. The zero-order valence-corrected chi connectivity index (χ0v) is 15.5. The van der Waals surface area contributed by atoms with Crippen LogP contribution in [0.25, 0.3) is 0 Å². The van der Waals surface area contributed by atoms with Crippen molar-refractivity contribution in [2.45, 2.75) is 44.2 Å². The first-order chi connectivity index (χ1) is 11.1. The lowest BCUT2D eigenvalue weighted by Crippen LogP contribution is -2.39. The molecule has 3 rings (SSSR count). The van der Waals surface area contributed by atoms with Crippen molar-refractivity contribution in [2.75, 3.05) is 19.5 Å². The molecule has 0 aromatic heterocycles. The number of ether oxygens (including phenoxy) is 2. The summed E-state index contributed by atoms with van der Waals surface area (Å²) >= 11 is 6.09. The Morgan fingerprint density at radius 2 is 1.83 bits per heavy atom. The minimum absolute atomic E-state index is 0. The summed E-state index contributed by atoms with van der Waals surface area (Å²) in [6, 6.07) is 4.54. The Morgan fingerprint density at radius 3 is 2.42 bits per heavy atom. The molecule has 2 aliphatic heterocycles. The Labute approximate surface area is 153 Å². The third-order valence-corrected chi connectivity index (χ3v) is 5.09. The number of piperidine rings is 1. The highest BCUT2D eigenvalue weighted by molar-refractivity contribution is 6.32. The van der Waals surface area contributed by atoms with E-state index >= 15 is 0 Å². The van der Waals surface area contributed by atoms with Crippen molar-refractivity contribution >= 4 is 35.6 Å². The van der Waals surface area contributed by atoms with Crippen LogP contribution in [-0.4, -0.2) is 32.2 Å². The molecule has 2 fully saturated rings. The highest BCUT2D eigenvalue weighted by atomic mass is 35.5. The molecule has 0 spiro atoms. The van der Waals surface area contributed by atoms with Crippen LogP contribution in [0.4, 0.5) is 5.69 Å². The van der Waals surface area contributed by atoms with Gasteiger partial charge in [0.15, 0.2) is 0 Å². The maximum absolute atomic E-state index is 12.4. The molecule has 1 aromatic carbocycles. The summed E-state index contributed by atoms with van der Waals surface area (Å²) in [4.78, 5) is 12.4. The predicted molar refractivity (Wildman–Crippen MR) is 97.7 cm³/mol. The average Bonchev–Trinajstić information content (AvgIpc) is 2.87. The van der Waals surface area contributed by atoms with Crippen LogP contribution in [0.2, 0.25) is 5.02 Å². The van der Waals surface area contributed by atoms with Gasteiger partial charge in [0.2, 0.25) is 5.91 Å². The lowest BCUT2D eigenvalue weighted by molar-refractivity contribution is -0.117. The fourth-order valence-corrected chi connectivity index (χ4v) is 3.99. The van der Waals surface area contributed by atoms with E-state index in [1.807, 2.05) is 0 Å². The third kappa shape index (κ3) is 4.26. The Hall–Kier alpha value is -1.17. The first kappa shape index (κ1) is 19.2. The van der Waals surface area contributed by atoms with Crippen LogP contribution in [0.1, 0.15) is 32.1 Å². The Balaban J connectivity index is 0.00000208. The highest BCUT2D eigenvalue weighted by Crippen LogP contribution is 2.37. The predicted octanol–water partition coefficient (Wildman–Crippen LogP) is 3.64. The first-order valence-corrected chi connectivity index (χ1v) is 8.44. The van der Waals surface area contributed by atoms with Crippen LogP contribution in [0.3, 0.4) is 0 Å². The second-order valence-electron chi connectivity index (χ2n) is 6.41. The van der Waals surface area contributed by atoms with Crippen molar-refractivity contribution in [1.82, 2.24) is 5.32 Å². The minimum atomic E-state index is 0. The molecule has 2 N–H and O–H groups in total. The van der Waals surface area contributed by atoms with Crippen LogP contribution in [0.15, 0.2) is 12.1 Å². The lowest BCUT2D eigenvalue weighted by atomic mass is 9.89. The fraction of sp³-hybridized carbons (Fsp3) is 0.588. The number of carbonyl (C=O) groups excluding carboxylic acids is 1. The smallest absolute Gasteiger partial charge is 0.224 e. The zero-order chi connectivity index (χ0) is 16.4. The Morgan fingerprint density at radius 1 is 1.21 bits per heavy atom. The molecule has 7 heteroatoms. The topological polar surface area (TPSA) is 59.6 Å². The van der Waals surface area contributed by atoms with Crippen molar-refractivity contribution in [3.63, 3.8) is 0 Å². The Bertz CT molecular complexity index is 585. The number of nitrogens with one attached hydrogen (secondary N) is 2. The largest absolute Gasteiger partial charge is 0.495 e. The third-order valence-electron chi connectivity index (χ3n) is 4.79. The van der Waals surface area contributed by atoms with Gasteiger partial charge in [0.05, 0.1) is 24.9 Å². The Kier molecular flexibility index (Phi) is 6.61. The molecule has 2 saturated heterocycles. The van der Waals surface area contributed by atoms with Gasteiger partial charge in [-0.3, -0.25) is 4.79 Å². The molecule has 1 aromatic rings. The van der Waals surface area contributed by atoms with Crippen LogP contribution in [0.5, 0.6) is 11.5 Å². The van der Waals surface area contributed by atoms with E-state index in [9.17, 15) is 4.79 Å². The molecule has 2 bridgehead atoms. The zero-order valence-electron chi connectivity index (χ0n) is 13.9. The molecular formula is C17H24Cl2N2O3. The fourth-order valence-electron chi connectivity index (χ4n) is 3.76. The number of methoxy groups -OCH3 is 2. The highest BCUT2D eigenvalue weighted by Gasteiger charge is 2.34. The van der Waals surface area contributed by atoms with Crippen molar-refractivity contribution in [3.8, 4) is 11.5 Å². The number of fused-ring (bicyclic) bond motifs is 2. The number of hydrogen-bond acceptors (Lipinski definition) is 4. The normalized spacial score (nSPS) is 24.9. The van der Waals surface area contributed by atoms with E-state index in [-0.39, 0.29) is 18.3 Å². The van der Waals surface area contributed by atoms with Crippen molar-refractivity contribution in [2.24, 2.45) is 5.92 Å². The number of amides is 1. The van der Waals surface area contributed by atoms with Crippen LogP contribution in [-0.2, 0) is 4.79 Å². The number of hydrogen-bond donors (Lipinski definition) is 2.